The summed E-state index contributed by atoms with van der Waals surface area (Å²) in [6, 6.07) is 0.849. The van der Waals surface area contributed by atoms with Crippen molar-refractivity contribution in [2.45, 2.75) is 70.8 Å². The second-order valence-electron chi connectivity index (χ2n) is 5.68. The molecule has 0 aromatic heterocycles. The molecule has 1 heteroatoms. The molecule has 0 spiro atoms. The van der Waals surface area contributed by atoms with Crippen molar-refractivity contribution in [3.05, 3.63) is 0 Å². The molecular weight excluding hydrogens is 182 g/mol. The SMILES string of the molecule is CCC1CCCC(NCC2CCC2)CC1. The van der Waals surface area contributed by atoms with Crippen molar-refractivity contribution in [3.8, 4) is 0 Å². The predicted molar refractivity (Wildman–Crippen MR) is 66.0 cm³/mol. The Hall–Kier alpha value is -0.0400. The lowest BCUT2D eigenvalue weighted by Crippen LogP contribution is -2.35. The van der Waals surface area contributed by atoms with Crippen LogP contribution in [0.2, 0.25) is 0 Å². The Morgan fingerprint density at radius 1 is 0.867 bits per heavy atom. The fourth-order valence-corrected chi connectivity index (χ4v) is 3.02. The van der Waals surface area contributed by atoms with Gasteiger partial charge in [-0.3, -0.25) is 0 Å². The van der Waals surface area contributed by atoms with Crippen molar-refractivity contribution < 1.29 is 0 Å². The molecule has 2 saturated carbocycles. The predicted octanol–water partition coefficient (Wildman–Crippen LogP) is 3.74. The molecule has 0 bridgehead atoms. The molecule has 0 radical (unpaired) electrons. The molecule has 0 saturated heterocycles. The van der Waals surface area contributed by atoms with E-state index >= 15 is 0 Å². The van der Waals surface area contributed by atoms with Gasteiger partial charge >= 0.3 is 0 Å². The summed E-state index contributed by atoms with van der Waals surface area (Å²) in [6.07, 6.45) is 13.1. The van der Waals surface area contributed by atoms with Crippen molar-refractivity contribution >= 4 is 0 Å². The van der Waals surface area contributed by atoms with Crippen LogP contribution in [0.5, 0.6) is 0 Å². The van der Waals surface area contributed by atoms with Gasteiger partial charge < -0.3 is 5.32 Å². The van der Waals surface area contributed by atoms with Crippen molar-refractivity contribution in [1.82, 2.24) is 5.32 Å². The molecule has 15 heavy (non-hydrogen) atoms. The Morgan fingerprint density at radius 3 is 2.27 bits per heavy atom. The van der Waals surface area contributed by atoms with E-state index in [1.54, 1.807) is 0 Å². The lowest BCUT2D eigenvalue weighted by molar-refractivity contribution is 0.282. The molecule has 0 aromatic rings. The molecule has 2 aliphatic carbocycles. The van der Waals surface area contributed by atoms with E-state index in [9.17, 15) is 0 Å². The maximum atomic E-state index is 3.81. The smallest absolute Gasteiger partial charge is 0.00672 e. The van der Waals surface area contributed by atoms with Crippen LogP contribution in [0.3, 0.4) is 0 Å². The van der Waals surface area contributed by atoms with Crippen LogP contribution >= 0.6 is 0 Å². The highest BCUT2D eigenvalue weighted by molar-refractivity contribution is 4.78. The fraction of sp³-hybridized carbons (Fsp3) is 1.00. The van der Waals surface area contributed by atoms with Crippen molar-refractivity contribution in [1.29, 1.82) is 0 Å². The minimum absolute atomic E-state index is 0.849. The molecule has 1 N–H and O–H groups in total. The molecule has 1 nitrogen and oxygen atoms in total. The van der Waals surface area contributed by atoms with Crippen LogP contribution in [0.1, 0.15) is 64.7 Å². The van der Waals surface area contributed by atoms with Gasteiger partial charge in [0.1, 0.15) is 0 Å². The van der Waals surface area contributed by atoms with E-state index in [1.807, 2.05) is 0 Å². The lowest BCUT2D eigenvalue weighted by Gasteiger charge is -2.28. The average molecular weight is 209 g/mol. The zero-order chi connectivity index (χ0) is 10.5. The van der Waals surface area contributed by atoms with Crippen LogP contribution in [0.25, 0.3) is 0 Å². The van der Waals surface area contributed by atoms with Gasteiger partial charge in [-0.15, -0.1) is 0 Å². The maximum absolute atomic E-state index is 3.81. The summed E-state index contributed by atoms with van der Waals surface area (Å²) in [7, 11) is 0. The number of rotatable bonds is 4. The third-order valence-corrected chi connectivity index (χ3v) is 4.59. The highest BCUT2D eigenvalue weighted by atomic mass is 14.9. The first-order valence-electron chi connectivity index (χ1n) is 7.12. The van der Waals surface area contributed by atoms with E-state index in [4.69, 9.17) is 0 Å². The fourth-order valence-electron chi connectivity index (χ4n) is 3.02. The largest absolute Gasteiger partial charge is 0.314 e. The van der Waals surface area contributed by atoms with Crippen LogP contribution < -0.4 is 5.32 Å². The Kier molecular flexibility index (Phi) is 4.49. The normalized spacial score (nSPS) is 33.4. The molecule has 2 atom stereocenters. The molecule has 0 amide bonds. The monoisotopic (exact) mass is 209 g/mol. The summed E-state index contributed by atoms with van der Waals surface area (Å²) in [6.45, 7) is 3.66. The summed E-state index contributed by atoms with van der Waals surface area (Å²) in [5.74, 6) is 2.05. The number of nitrogens with one attached hydrogen (secondary N) is 1. The average Bonchev–Trinajstić information content (AvgIpc) is 2.40. The van der Waals surface area contributed by atoms with Gasteiger partial charge in [-0.2, -0.15) is 0 Å². The zero-order valence-corrected chi connectivity index (χ0v) is 10.3. The van der Waals surface area contributed by atoms with Gasteiger partial charge in [-0.1, -0.05) is 32.6 Å². The summed E-state index contributed by atoms with van der Waals surface area (Å²) < 4.78 is 0. The summed E-state index contributed by atoms with van der Waals surface area (Å²) >= 11 is 0. The topological polar surface area (TPSA) is 12.0 Å². The first-order valence-corrected chi connectivity index (χ1v) is 7.12. The Bertz CT molecular complexity index is 174. The summed E-state index contributed by atoms with van der Waals surface area (Å²) in [4.78, 5) is 0. The van der Waals surface area contributed by atoms with Gasteiger partial charge in [-0.25, -0.2) is 0 Å². The van der Waals surface area contributed by atoms with Crippen LogP contribution in [-0.4, -0.2) is 12.6 Å². The quantitative estimate of drug-likeness (QED) is 0.696. The molecule has 2 rings (SSSR count). The zero-order valence-electron chi connectivity index (χ0n) is 10.3. The van der Waals surface area contributed by atoms with Gasteiger partial charge in [0.05, 0.1) is 0 Å². The van der Waals surface area contributed by atoms with Gasteiger partial charge in [0.25, 0.3) is 0 Å². The van der Waals surface area contributed by atoms with Gasteiger partial charge in [-0.05, 0) is 50.5 Å². The van der Waals surface area contributed by atoms with E-state index in [1.165, 1.54) is 64.3 Å². The Labute approximate surface area is 95.0 Å². The van der Waals surface area contributed by atoms with Crippen LogP contribution in [0.15, 0.2) is 0 Å². The highest BCUT2D eigenvalue weighted by Crippen LogP contribution is 2.28. The first kappa shape index (κ1) is 11.4. The van der Waals surface area contributed by atoms with Crippen LogP contribution in [0.4, 0.5) is 0 Å². The van der Waals surface area contributed by atoms with Crippen LogP contribution in [-0.2, 0) is 0 Å². The van der Waals surface area contributed by atoms with Crippen LogP contribution in [0, 0.1) is 11.8 Å². The molecular formula is C14H27N. The maximum Gasteiger partial charge on any atom is 0.00672 e. The summed E-state index contributed by atoms with van der Waals surface area (Å²) in [5, 5.41) is 3.81. The standard InChI is InChI=1S/C14H27N/c1-2-12-5-4-8-14(10-9-12)15-11-13-6-3-7-13/h12-15H,2-11H2,1H3. The van der Waals surface area contributed by atoms with Gasteiger partial charge in [0.15, 0.2) is 0 Å². The highest BCUT2D eigenvalue weighted by Gasteiger charge is 2.21. The third-order valence-electron chi connectivity index (χ3n) is 4.59. The van der Waals surface area contributed by atoms with Crippen molar-refractivity contribution in [2.24, 2.45) is 11.8 Å². The minimum Gasteiger partial charge on any atom is -0.314 e. The molecule has 0 aromatic carbocycles. The molecule has 2 fully saturated rings. The molecule has 2 aliphatic rings. The second-order valence-corrected chi connectivity index (χ2v) is 5.68. The minimum atomic E-state index is 0.849. The van der Waals surface area contributed by atoms with Gasteiger partial charge in [0, 0.05) is 6.04 Å². The van der Waals surface area contributed by atoms with Crippen molar-refractivity contribution in [2.75, 3.05) is 6.54 Å². The number of hydrogen-bond donors (Lipinski definition) is 1. The van der Waals surface area contributed by atoms with E-state index in [0.29, 0.717) is 0 Å². The van der Waals surface area contributed by atoms with E-state index < -0.39 is 0 Å². The first-order chi connectivity index (χ1) is 7.38. The molecule has 88 valence electrons. The third kappa shape index (κ3) is 3.48. The lowest BCUT2D eigenvalue weighted by atomic mass is 9.85. The Morgan fingerprint density at radius 2 is 1.60 bits per heavy atom. The molecule has 0 heterocycles. The Balaban J connectivity index is 1.64. The second kappa shape index (κ2) is 5.89. The summed E-state index contributed by atoms with van der Waals surface area (Å²) in [5.41, 5.74) is 0. The van der Waals surface area contributed by atoms with Crippen molar-refractivity contribution in [3.63, 3.8) is 0 Å². The molecule has 0 aliphatic heterocycles. The van der Waals surface area contributed by atoms with E-state index in [2.05, 4.69) is 12.2 Å². The van der Waals surface area contributed by atoms with E-state index in [0.717, 1.165) is 17.9 Å². The molecule has 2 unspecified atom stereocenters. The van der Waals surface area contributed by atoms with E-state index in [-0.39, 0.29) is 0 Å². The van der Waals surface area contributed by atoms with Gasteiger partial charge in [0.2, 0.25) is 0 Å². The number of hydrogen-bond acceptors (Lipinski definition) is 1.